The normalized spacial score (nSPS) is 30.0. The van der Waals surface area contributed by atoms with Crippen LogP contribution in [0, 0.1) is 29.1 Å². The molecule has 7 nitrogen and oxygen atoms in total. The Kier molecular flexibility index (Phi) is 8.64. The molecule has 2 saturated carbocycles. The van der Waals surface area contributed by atoms with Gasteiger partial charge in [0.15, 0.2) is 0 Å². The molecule has 1 N–H and O–H groups in total. The number of aliphatic hydroxyl groups excluding tert-OH is 1. The van der Waals surface area contributed by atoms with Crippen LogP contribution in [0.3, 0.4) is 0 Å². The van der Waals surface area contributed by atoms with Gasteiger partial charge in [0, 0.05) is 19.8 Å². The number of hydrogen-bond donors (Lipinski definition) is 1. The van der Waals surface area contributed by atoms with E-state index in [0.717, 1.165) is 41.9 Å². The minimum atomic E-state index is -0.400. The summed E-state index contributed by atoms with van der Waals surface area (Å²) in [4.78, 5) is 30.1. The summed E-state index contributed by atoms with van der Waals surface area (Å²) >= 11 is 0. The van der Waals surface area contributed by atoms with Crippen LogP contribution in [0.5, 0.6) is 0 Å². The fourth-order valence-corrected chi connectivity index (χ4v) is 9.51. The first kappa shape index (κ1) is 31.2. The third-order valence-electron chi connectivity index (χ3n) is 11.9. The maximum Gasteiger partial charge on any atom is 0.352 e. The Balaban J connectivity index is 1.38. The molecule has 0 unspecified atom stereocenters. The van der Waals surface area contributed by atoms with Crippen molar-refractivity contribution in [3.8, 4) is 5.69 Å². The van der Waals surface area contributed by atoms with Gasteiger partial charge in [0.2, 0.25) is 0 Å². The first-order valence-electron chi connectivity index (χ1n) is 17.3. The summed E-state index contributed by atoms with van der Waals surface area (Å²) in [6.45, 7) is 10.1. The quantitative estimate of drug-likeness (QED) is 0.335. The zero-order valence-corrected chi connectivity index (χ0v) is 27.9. The van der Waals surface area contributed by atoms with E-state index in [-0.39, 0.29) is 22.8 Å². The topological polar surface area (TPSA) is 72.4 Å². The van der Waals surface area contributed by atoms with Gasteiger partial charge in [-0.2, -0.15) is 0 Å². The monoisotopic (exact) mass is 602 g/mol. The van der Waals surface area contributed by atoms with Gasteiger partial charge in [0.1, 0.15) is 0 Å². The molecule has 44 heavy (non-hydrogen) atoms. The van der Waals surface area contributed by atoms with Gasteiger partial charge >= 0.3 is 11.4 Å². The van der Waals surface area contributed by atoms with E-state index in [4.69, 9.17) is 0 Å². The molecule has 0 spiro atoms. The van der Waals surface area contributed by atoms with Gasteiger partial charge in [-0.25, -0.2) is 23.5 Å². The molecule has 2 fully saturated rings. The second-order valence-corrected chi connectivity index (χ2v) is 15.3. The standard InChI is InChI=1S/C37H54N4O3/c1-24(2)9-7-10-25(3)32-18-19-33-26(11-8-20-37(32,33)4)21-34-31-22-30(42)17-12-27(31)23-39-35(43)40(36(44)41(34)39)29-15-13-28(14-16-29)38(5)6/h13-16,21,24-25,30,32-34,42H,7-12,17-20,22-23H2,1-6H3/b26-21+/t25-,30+,32-,33+,34+,37-/m1/s1. The van der Waals surface area contributed by atoms with Crippen LogP contribution in [0.2, 0.25) is 0 Å². The van der Waals surface area contributed by atoms with Crippen LogP contribution in [-0.2, 0) is 6.54 Å². The highest BCUT2D eigenvalue weighted by atomic mass is 16.3. The molecule has 0 radical (unpaired) electrons. The van der Waals surface area contributed by atoms with Crippen molar-refractivity contribution in [2.45, 2.75) is 117 Å². The summed E-state index contributed by atoms with van der Waals surface area (Å²) in [5, 5.41) is 10.8. The van der Waals surface area contributed by atoms with Crippen molar-refractivity contribution in [1.82, 2.24) is 13.9 Å². The van der Waals surface area contributed by atoms with Crippen molar-refractivity contribution < 1.29 is 5.11 Å². The van der Waals surface area contributed by atoms with Gasteiger partial charge in [0.25, 0.3) is 0 Å². The Morgan fingerprint density at radius 1 is 1.02 bits per heavy atom. The second kappa shape index (κ2) is 12.2. The SMILES string of the molecule is CC(C)CCC[C@@H](C)[C@H]1CC[C@H]2/C(=C/[C@H]3C4=C(CC[C@H](O)C4)Cn4c(=O)n(-c5ccc(N(C)C)cc5)c(=O)n43)CCC[C@]12C. The lowest BCUT2D eigenvalue weighted by Gasteiger charge is -2.45. The molecule has 0 bridgehead atoms. The summed E-state index contributed by atoms with van der Waals surface area (Å²) < 4.78 is 4.74. The molecule has 1 aliphatic heterocycles. The van der Waals surface area contributed by atoms with Crippen LogP contribution < -0.4 is 16.3 Å². The number of rotatable bonds is 8. The summed E-state index contributed by atoms with van der Waals surface area (Å²) in [6, 6.07) is 7.30. The molecule has 1 aromatic carbocycles. The van der Waals surface area contributed by atoms with Crippen LogP contribution in [0.25, 0.3) is 5.69 Å². The second-order valence-electron chi connectivity index (χ2n) is 15.3. The minimum absolute atomic E-state index is 0.279. The van der Waals surface area contributed by atoms with Gasteiger partial charge in [-0.15, -0.1) is 0 Å². The molecular weight excluding hydrogens is 548 g/mol. The summed E-state index contributed by atoms with van der Waals surface area (Å²) in [7, 11) is 3.96. The number of hydrogen-bond acceptors (Lipinski definition) is 4. The predicted octanol–water partition coefficient (Wildman–Crippen LogP) is 6.87. The molecule has 2 heterocycles. The number of fused-ring (bicyclic) bond motifs is 2. The molecule has 0 amide bonds. The van der Waals surface area contributed by atoms with Crippen LogP contribution in [0.1, 0.15) is 104 Å². The largest absolute Gasteiger partial charge is 0.393 e. The zero-order chi connectivity index (χ0) is 31.3. The van der Waals surface area contributed by atoms with Gasteiger partial charge in [-0.3, -0.25) is 0 Å². The molecule has 4 aliphatic rings. The van der Waals surface area contributed by atoms with Crippen molar-refractivity contribution in [1.29, 1.82) is 0 Å². The Bertz CT molecular complexity index is 1540. The smallest absolute Gasteiger partial charge is 0.352 e. The van der Waals surface area contributed by atoms with Crippen molar-refractivity contribution >= 4 is 5.69 Å². The van der Waals surface area contributed by atoms with Gasteiger partial charge in [-0.1, -0.05) is 58.6 Å². The Hall–Kier alpha value is -2.80. The Labute approximate surface area is 263 Å². The van der Waals surface area contributed by atoms with Crippen molar-refractivity contribution in [3.05, 3.63) is 68.0 Å². The number of aliphatic hydroxyl groups is 1. The molecule has 1 aromatic heterocycles. The number of nitrogens with zero attached hydrogens (tertiary/aromatic N) is 4. The van der Waals surface area contributed by atoms with Crippen LogP contribution in [0.4, 0.5) is 5.69 Å². The van der Waals surface area contributed by atoms with Crippen LogP contribution >= 0.6 is 0 Å². The predicted molar refractivity (Wildman–Crippen MR) is 179 cm³/mol. The fraction of sp³-hybridized carbons (Fsp3) is 0.676. The average molecular weight is 603 g/mol. The maximum absolute atomic E-state index is 14.2. The molecule has 2 aromatic rings. The molecule has 240 valence electrons. The minimum Gasteiger partial charge on any atom is -0.393 e. The Morgan fingerprint density at radius 2 is 1.77 bits per heavy atom. The fourth-order valence-electron chi connectivity index (χ4n) is 9.51. The lowest BCUT2D eigenvalue weighted by molar-refractivity contribution is 0.0922. The van der Waals surface area contributed by atoms with Crippen LogP contribution in [0.15, 0.2) is 56.6 Å². The number of benzene rings is 1. The highest BCUT2D eigenvalue weighted by molar-refractivity contribution is 5.49. The van der Waals surface area contributed by atoms with E-state index in [2.05, 4.69) is 33.8 Å². The van der Waals surface area contributed by atoms with Gasteiger partial charge in [-0.05, 0) is 116 Å². The third kappa shape index (κ3) is 5.48. The molecule has 0 saturated heterocycles. The number of aromatic nitrogens is 3. The molecule has 6 rings (SSSR count). The van der Waals surface area contributed by atoms with E-state index < -0.39 is 6.10 Å². The lowest BCUT2D eigenvalue weighted by atomic mass is 9.60. The highest BCUT2D eigenvalue weighted by Gasteiger charge is 2.51. The third-order valence-corrected chi connectivity index (χ3v) is 11.9. The van der Waals surface area contributed by atoms with Crippen molar-refractivity contribution in [2.24, 2.45) is 29.1 Å². The van der Waals surface area contributed by atoms with E-state index in [0.29, 0.717) is 31.0 Å². The highest BCUT2D eigenvalue weighted by Crippen LogP contribution is 2.60. The maximum atomic E-state index is 14.2. The van der Waals surface area contributed by atoms with E-state index in [1.165, 1.54) is 60.7 Å². The average Bonchev–Trinajstić information content (AvgIpc) is 3.46. The molecular formula is C37H54N4O3. The molecule has 6 atom stereocenters. The van der Waals surface area contributed by atoms with E-state index in [1.54, 1.807) is 9.36 Å². The van der Waals surface area contributed by atoms with E-state index in [9.17, 15) is 14.7 Å². The molecule has 3 aliphatic carbocycles. The summed E-state index contributed by atoms with van der Waals surface area (Å²) in [6.07, 6.45) is 14.0. The first-order chi connectivity index (χ1) is 21.0. The number of allylic oxidation sites excluding steroid dienone is 3. The van der Waals surface area contributed by atoms with Gasteiger partial charge < -0.3 is 10.0 Å². The summed E-state index contributed by atoms with van der Waals surface area (Å²) in [5.41, 5.74) is 5.18. The number of anilines is 1. The van der Waals surface area contributed by atoms with Crippen molar-refractivity contribution in [2.75, 3.05) is 19.0 Å². The van der Waals surface area contributed by atoms with Gasteiger partial charge in [0.05, 0.1) is 24.4 Å². The first-order valence-corrected chi connectivity index (χ1v) is 17.3. The van der Waals surface area contributed by atoms with E-state index in [1.807, 2.05) is 43.3 Å². The lowest BCUT2D eigenvalue weighted by Crippen LogP contribution is -2.39. The van der Waals surface area contributed by atoms with Crippen LogP contribution in [-0.4, -0.2) is 39.2 Å². The Morgan fingerprint density at radius 3 is 2.48 bits per heavy atom. The molecule has 7 heteroatoms. The van der Waals surface area contributed by atoms with Crippen molar-refractivity contribution in [3.63, 3.8) is 0 Å². The zero-order valence-electron chi connectivity index (χ0n) is 27.9. The van der Waals surface area contributed by atoms with E-state index >= 15 is 0 Å². The summed E-state index contributed by atoms with van der Waals surface area (Å²) in [5.74, 6) is 2.73.